The fourth-order valence-electron chi connectivity index (χ4n) is 2.55. The summed E-state index contributed by atoms with van der Waals surface area (Å²) in [6.45, 7) is 1.60. The number of likely N-dealkylation sites (tertiary alicyclic amines) is 1. The smallest absolute Gasteiger partial charge is 0.387 e. The predicted octanol–water partition coefficient (Wildman–Crippen LogP) is 3.25. The molecule has 23 heavy (non-hydrogen) atoms. The van der Waals surface area contributed by atoms with Gasteiger partial charge in [-0.25, -0.2) is 0 Å². The highest BCUT2D eigenvalue weighted by atomic mass is 19.3. The number of hydrogen-bond donors (Lipinski definition) is 0. The molecule has 1 fully saturated rings. The predicted molar refractivity (Wildman–Crippen MR) is 81.7 cm³/mol. The Morgan fingerprint density at radius 1 is 1.17 bits per heavy atom. The van der Waals surface area contributed by atoms with Gasteiger partial charge in [0.1, 0.15) is 17.6 Å². The van der Waals surface area contributed by atoms with Crippen LogP contribution >= 0.6 is 0 Å². The molecule has 122 valence electrons. The van der Waals surface area contributed by atoms with E-state index < -0.39 is 6.61 Å². The second-order valence-electron chi connectivity index (χ2n) is 5.59. The van der Waals surface area contributed by atoms with Crippen molar-refractivity contribution in [1.82, 2.24) is 9.88 Å². The molecule has 6 heteroatoms. The van der Waals surface area contributed by atoms with Gasteiger partial charge in [-0.15, -0.1) is 0 Å². The van der Waals surface area contributed by atoms with E-state index in [1.807, 2.05) is 19.1 Å². The van der Waals surface area contributed by atoms with E-state index in [4.69, 9.17) is 4.74 Å². The van der Waals surface area contributed by atoms with E-state index in [0.29, 0.717) is 0 Å². The molecule has 1 saturated heterocycles. The summed E-state index contributed by atoms with van der Waals surface area (Å²) in [4.78, 5) is 6.38. The van der Waals surface area contributed by atoms with E-state index in [2.05, 4.69) is 14.6 Å². The Bertz CT molecular complexity index is 643. The minimum atomic E-state index is -2.79. The average molecular weight is 320 g/mol. The number of hydrogen-bond acceptors (Lipinski definition) is 4. The monoisotopic (exact) mass is 320 g/mol. The van der Waals surface area contributed by atoms with Crippen molar-refractivity contribution >= 4 is 0 Å². The Balaban J connectivity index is 1.45. The summed E-state index contributed by atoms with van der Waals surface area (Å²) in [5, 5.41) is 0. The standard InChI is InChI=1S/C17H18F2N2O2/c1-12-8-15(6-7-20-12)22-16-10-21(11-16)9-13-2-4-14(5-3-13)23-17(18)19/h2-8,16-17H,9-11H2,1H3. The summed E-state index contributed by atoms with van der Waals surface area (Å²) in [6.07, 6.45) is 1.92. The van der Waals surface area contributed by atoms with E-state index in [1.165, 1.54) is 0 Å². The van der Waals surface area contributed by atoms with Gasteiger partial charge in [0, 0.05) is 37.6 Å². The van der Waals surface area contributed by atoms with Gasteiger partial charge in [0.2, 0.25) is 0 Å². The van der Waals surface area contributed by atoms with Crippen LogP contribution in [0.15, 0.2) is 42.6 Å². The van der Waals surface area contributed by atoms with Gasteiger partial charge in [-0.05, 0) is 30.7 Å². The lowest BCUT2D eigenvalue weighted by molar-refractivity contribution is -0.0498. The van der Waals surface area contributed by atoms with Crippen molar-refractivity contribution in [2.45, 2.75) is 26.2 Å². The van der Waals surface area contributed by atoms with Crippen molar-refractivity contribution in [1.29, 1.82) is 0 Å². The van der Waals surface area contributed by atoms with E-state index >= 15 is 0 Å². The maximum atomic E-state index is 12.1. The molecule has 0 aliphatic carbocycles. The maximum absolute atomic E-state index is 12.1. The lowest BCUT2D eigenvalue weighted by Crippen LogP contribution is -2.53. The lowest BCUT2D eigenvalue weighted by atomic mass is 10.1. The van der Waals surface area contributed by atoms with Crippen LogP contribution in [-0.2, 0) is 6.54 Å². The number of alkyl halides is 2. The Labute approximate surface area is 133 Å². The van der Waals surface area contributed by atoms with Crippen LogP contribution in [-0.4, -0.2) is 35.7 Å². The van der Waals surface area contributed by atoms with Gasteiger partial charge in [0.25, 0.3) is 0 Å². The molecule has 0 atom stereocenters. The molecule has 0 N–H and O–H groups in total. The highest BCUT2D eigenvalue weighted by Crippen LogP contribution is 2.21. The van der Waals surface area contributed by atoms with Gasteiger partial charge in [0.15, 0.2) is 0 Å². The van der Waals surface area contributed by atoms with Crippen molar-refractivity contribution in [3.63, 3.8) is 0 Å². The first-order valence-electron chi connectivity index (χ1n) is 7.44. The summed E-state index contributed by atoms with van der Waals surface area (Å²) in [7, 11) is 0. The highest BCUT2D eigenvalue weighted by Gasteiger charge is 2.28. The second-order valence-corrected chi connectivity index (χ2v) is 5.59. The van der Waals surface area contributed by atoms with Crippen LogP contribution in [0.3, 0.4) is 0 Å². The average Bonchev–Trinajstić information content (AvgIpc) is 2.46. The molecule has 3 rings (SSSR count). The zero-order chi connectivity index (χ0) is 16.2. The number of aromatic nitrogens is 1. The Morgan fingerprint density at radius 2 is 1.91 bits per heavy atom. The van der Waals surface area contributed by atoms with Crippen LogP contribution in [0.2, 0.25) is 0 Å². The first-order chi connectivity index (χ1) is 11.1. The summed E-state index contributed by atoms with van der Waals surface area (Å²) < 4.78 is 34.4. The number of benzene rings is 1. The van der Waals surface area contributed by atoms with Crippen molar-refractivity contribution in [2.24, 2.45) is 0 Å². The summed E-state index contributed by atoms with van der Waals surface area (Å²) in [6, 6.07) is 10.5. The van der Waals surface area contributed by atoms with Crippen LogP contribution in [0.1, 0.15) is 11.3 Å². The number of aryl methyl sites for hydroxylation is 1. The van der Waals surface area contributed by atoms with Crippen LogP contribution < -0.4 is 9.47 Å². The van der Waals surface area contributed by atoms with Crippen molar-refractivity contribution in [2.75, 3.05) is 13.1 Å². The van der Waals surface area contributed by atoms with Gasteiger partial charge < -0.3 is 9.47 Å². The van der Waals surface area contributed by atoms with Gasteiger partial charge in [0.05, 0.1) is 0 Å². The zero-order valence-electron chi connectivity index (χ0n) is 12.8. The molecule has 0 spiro atoms. The molecule has 0 radical (unpaired) electrons. The van der Waals surface area contributed by atoms with E-state index in [-0.39, 0.29) is 11.9 Å². The molecule has 4 nitrogen and oxygen atoms in total. The molecule has 0 saturated carbocycles. The third-order valence-electron chi connectivity index (χ3n) is 3.65. The first-order valence-corrected chi connectivity index (χ1v) is 7.44. The van der Waals surface area contributed by atoms with Crippen LogP contribution in [0.5, 0.6) is 11.5 Å². The third kappa shape index (κ3) is 4.39. The van der Waals surface area contributed by atoms with Crippen LogP contribution in [0.25, 0.3) is 0 Å². The molecule has 0 bridgehead atoms. The van der Waals surface area contributed by atoms with Crippen molar-refractivity contribution < 1.29 is 18.3 Å². The fourth-order valence-corrected chi connectivity index (χ4v) is 2.55. The van der Waals surface area contributed by atoms with Gasteiger partial charge in [-0.1, -0.05) is 12.1 Å². The molecule has 2 heterocycles. The quantitative estimate of drug-likeness (QED) is 0.818. The van der Waals surface area contributed by atoms with Crippen molar-refractivity contribution in [3.8, 4) is 11.5 Å². The molecule has 0 amide bonds. The largest absolute Gasteiger partial charge is 0.488 e. The van der Waals surface area contributed by atoms with Gasteiger partial charge in [-0.2, -0.15) is 8.78 Å². The zero-order valence-corrected chi connectivity index (χ0v) is 12.8. The number of rotatable bonds is 6. The van der Waals surface area contributed by atoms with E-state index in [0.717, 1.165) is 36.6 Å². The third-order valence-corrected chi connectivity index (χ3v) is 3.65. The summed E-state index contributed by atoms with van der Waals surface area (Å²) >= 11 is 0. The molecule has 1 aliphatic rings. The molecule has 1 aromatic carbocycles. The fraction of sp³-hybridized carbons (Fsp3) is 0.353. The molecular weight excluding hydrogens is 302 g/mol. The number of halogens is 2. The van der Waals surface area contributed by atoms with Gasteiger partial charge in [-0.3, -0.25) is 9.88 Å². The van der Waals surface area contributed by atoms with Crippen LogP contribution in [0, 0.1) is 6.92 Å². The van der Waals surface area contributed by atoms with Crippen molar-refractivity contribution in [3.05, 3.63) is 53.9 Å². The summed E-state index contributed by atoms with van der Waals surface area (Å²) in [5.41, 5.74) is 2.00. The Morgan fingerprint density at radius 3 is 2.57 bits per heavy atom. The molecule has 2 aromatic rings. The molecular formula is C17H18F2N2O2. The topological polar surface area (TPSA) is 34.6 Å². The Kier molecular flexibility index (Phi) is 4.71. The SMILES string of the molecule is Cc1cc(OC2CN(Cc3ccc(OC(F)F)cc3)C2)ccn1. The minimum Gasteiger partial charge on any atom is -0.488 e. The molecule has 0 unspecified atom stereocenters. The van der Waals surface area contributed by atoms with Gasteiger partial charge >= 0.3 is 6.61 Å². The number of nitrogens with zero attached hydrogens (tertiary/aromatic N) is 2. The maximum Gasteiger partial charge on any atom is 0.387 e. The first kappa shape index (κ1) is 15.7. The van der Waals surface area contributed by atoms with Crippen LogP contribution in [0.4, 0.5) is 8.78 Å². The van der Waals surface area contributed by atoms with E-state index in [9.17, 15) is 8.78 Å². The Hall–Kier alpha value is -2.21. The summed E-state index contributed by atoms with van der Waals surface area (Å²) in [5.74, 6) is 1.03. The number of pyridine rings is 1. The molecule has 1 aromatic heterocycles. The minimum absolute atomic E-state index is 0.179. The second kappa shape index (κ2) is 6.91. The lowest BCUT2D eigenvalue weighted by Gasteiger charge is -2.39. The normalized spacial score (nSPS) is 15.5. The number of ether oxygens (including phenoxy) is 2. The highest BCUT2D eigenvalue weighted by molar-refractivity contribution is 5.27. The molecule has 1 aliphatic heterocycles. The van der Waals surface area contributed by atoms with E-state index in [1.54, 1.807) is 30.5 Å².